The third-order valence-corrected chi connectivity index (χ3v) is 5.64. The summed E-state index contributed by atoms with van der Waals surface area (Å²) in [5.41, 5.74) is 4.46. The Balaban J connectivity index is 1.73. The van der Waals surface area contributed by atoms with Crippen molar-refractivity contribution in [2.75, 3.05) is 20.8 Å². The molecule has 0 unspecified atom stereocenters. The van der Waals surface area contributed by atoms with E-state index in [0.717, 1.165) is 5.56 Å². The molecule has 0 bridgehead atoms. The van der Waals surface area contributed by atoms with Crippen LogP contribution in [0.15, 0.2) is 64.2 Å². The lowest BCUT2D eigenvalue weighted by molar-refractivity contribution is 0.0954. The number of ether oxygens (including phenoxy) is 4. The van der Waals surface area contributed by atoms with Gasteiger partial charge in [-0.05, 0) is 64.8 Å². The first-order valence-corrected chi connectivity index (χ1v) is 11.5. The van der Waals surface area contributed by atoms with Crippen LogP contribution in [0.5, 0.6) is 23.0 Å². The minimum atomic E-state index is -0.388. The highest BCUT2D eigenvalue weighted by Gasteiger charge is 2.14. The van der Waals surface area contributed by atoms with E-state index >= 15 is 0 Å². The molecule has 1 amide bonds. The standard InChI is InChI=1S/C25H24BrClN2O5/c1-4-33-23-12-16(11-19(26)24(23)34-15-18-7-5-6-8-20(18)27)14-28-29-25(30)17-9-10-21(31-2)22(13-17)32-3/h5-14H,4,15H2,1-3H3,(H,29,30)/b28-14+. The van der Waals surface area contributed by atoms with E-state index in [1.54, 1.807) is 24.3 Å². The second kappa shape index (κ2) is 12.3. The Kier molecular flexibility index (Phi) is 9.18. The van der Waals surface area contributed by atoms with Crippen molar-refractivity contribution in [3.63, 3.8) is 0 Å². The van der Waals surface area contributed by atoms with Crippen LogP contribution in [0.2, 0.25) is 5.02 Å². The van der Waals surface area contributed by atoms with E-state index in [1.165, 1.54) is 20.4 Å². The summed E-state index contributed by atoms with van der Waals surface area (Å²) in [6.07, 6.45) is 1.52. The third kappa shape index (κ3) is 6.42. The molecule has 0 aliphatic rings. The van der Waals surface area contributed by atoms with Gasteiger partial charge >= 0.3 is 0 Å². The highest BCUT2D eigenvalue weighted by Crippen LogP contribution is 2.37. The Morgan fingerprint density at radius 3 is 2.50 bits per heavy atom. The van der Waals surface area contributed by atoms with E-state index in [4.69, 9.17) is 30.5 Å². The first-order chi connectivity index (χ1) is 16.5. The van der Waals surface area contributed by atoms with E-state index in [1.807, 2.05) is 37.3 Å². The lowest BCUT2D eigenvalue weighted by atomic mass is 10.2. The van der Waals surface area contributed by atoms with Gasteiger partial charge in [0, 0.05) is 16.1 Å². The Labute approximate surface area is 211 Å². The zero-order valence-corrected chi connectivity index (χ0v) is 21.3. The summed E-state index contributed by atoms with van der Waals surface area (Å²) in [5, 5.41) is 4.69. The molecule has 3 aromatic carbocycles. The van der Waals surface area contributed by atoms with Crippen molar-refractivity contribution in [2.24, 2.45) is 5.10 Å². The van der Waals surface area contributed by atoms with Crippen LogP contribution in [0.4, 0.5) is 0 Å². The first-order valence-electron chi connectivity index (χ1n) is 10.3. The number of nitrogens with zero attached hydrogens (tertiary/aromatic N) is 1. The van der Waals surface area contributed by atoms with Gasteiger partial charge in [0.25, 0.3) is 5.91 Å². The van der Waals surface area contributed by atoms with Gasteiger partial charge in [-0.3, -0.25) is 4.79 Å². The number of hydrazone groups is 1. The van der Waals surface area contributed by atoms with Gasteiger partial charge in [0.15, 0.2) is 23.0 Å². The molecular formula is C25H24BrClN2O5. The normalized spacial score (nSPS) is 10.7. The van der Waals surface area contributed by atoms with Crippen molar-refractivity contribution in [1.29, 1.82) is 0 Å². The van der Waals surface area contributed by atoms with Crippen LogP contribution in [0.25, 0.3) is 0 Å². The molecule has 7 nitrogen and oxygen atoms in total. The van der Waals surface area contributed by atoms with Gasteiger partial charge in [0.1, 0.15) is 6.61 Å². The van der Waals surface area contributed by atoms with E-state index in [-0.39, 0.29) is 12.5 Å². The number of carbonyl (C=O) groups is 1. The molecule has 0 heterocycles. The smallest absolute Gasteiger partial charge is 0.271 e. The Morgan fingerprint density at radius 2 is 1.79 bits per heavy atom. The molecule has 0 saturated heterocycles. The Bertz CT molecular complexity index is 1190. The maximum absolute atomic E-state index is 12.5. The zero-order chi connectivity index (χ0) is 24.5. The fourth-order valence-corrected chi connectivity index (χ4v) is 3.80. The number of benzene rings is 3. The van der Waals surface area contributed by atoms with Crippen molar-refractivity contribution in [3.05, 3.63) is 80.8 Å². The molecule has 0 aliphatic carbocycles. The molecule has 0 radical (unpaired) electrons. The zero-order valence-electron chi connectivity index (χ0n) is 18.9. The minimum absolute atomic E-state index is 0.285. The maximum atomic E-state index is 12.5. The van der Waals surface area contributed by atoms with E-state index in [9.17, 15) is 4.79 Å². The molecule has 9 heteroatoms. The van der Waals surface area contributed by atoms with Crippen molar-refractivity contribution in [1.82, 2.24) is 5.43 Å². The van der Waals surface area contributed by atoms with Gasteiger partial charge in [-0.2, -0.15) is 5.10 Å². The maximum Gasteiger partial charge on any atom is 0.271 e. The number of amides is 1. The third-order valence-electron chi connectivity index (χ3n) is 4.69. The van der Waals surface area contributed by atoms with Crippen LogP contribution in [-0.4, -0.2) is 32.9 Å². The quantitative estimate of drug-likeness (QED) is 0.254. The lowest BCUT2D eigenvalue weighted by Crippen LogP contribution is -2.17. The van der Waals surface area contributed by atoms with Gasteiger partial charge in [-0.1, -0.05) is 29.8 Å². The predicted octanol–water partition coefficient (Wildman–Crippen LogP) is 5.86. The largest absolute Gasteiger partial charge is 0.493 e. The number of halogens is 2. The summed E-state index contributed by atoms with van der Waals surface area (Å²) in [6.45, 7) is 2.62. The van der Waals surface area contributed by atoms with Gasteiger partial charge in [0.2, 0.25) is 0 Å². The Hall–Kier alpha value is -3.23. The van der Waals surface area contributed by atoms with Gasteiger partial charge < -0.3 is 18.9 Å². The van der Waals surface area contributed by atoms with E-state index in [0.29, 0.717) is 50.2 Å². The van der Waals surface area contributed by atoms with Crippen LogP contribution in [0.3, 0.4) is 0 Å². The van der Waals surface area contributed by atoms with Crippen LogP contribution < -0.4 is 24.4 Å². The lowest BCUT2D eigenvalue weighted by Gasteiger charge is -2.15. The van der Waals surface area contributed by atoms with Crippen molar-refractivity contribution < 1.29 is 23.7 Å². The molecule has 1 N–H and O–H groups in total. The SMILES string of the molecule is CCOc1cc(/C=N/NC(=O)c2ccc(OC)c(OC)c2)cc(Br)c1OCc1ccccc1Cl. The van der Waals surface area contributed by atoms with Crippen molar-refractivity contribution in [2.45, 2.75) is 13.5 Å². The monoisotopic (exact) mass is 546 g/mol. The summed E-state index contributed by atoms with van der Waals surface area (Å²) < 4.78 is 22.9. The molecule has 3 rings (SSSR count). The highest BCUT2D eigenvalue weighted by molar-refractivity contribution is 9.10. The molecule has 0 saturated carbocycles. The molecule has 0 fully saturated rings. The van der Waals surface area contributed by atoms with Crippen LogP contribution in [-0.2, 0) is 6.61 Å². The first kappa shape index (κ1) is 25.4. The van der Waals surface area contributed by atoms with Crippen LogP contribution >= 0.6 is 27.5 Å². The number of hydrogen-bond donors (Lipinski definition) is 1. The second-order valence-corrected chi connectivity index (χ2v) is 8.17. The second-order valence-electron chi connectivity index (χ2n) is 6.91. The summed E-state index contributed by atoms with van der Waals surface area (Å²) in [7, 11) is 3.04. The predicted molar refractivity (Wildman–Crippen MR) is 136 cm³/mol. The van der Waals surface area contributed by atoms with Crippen molar-refractivity contribution >= 4 is 39.7 Å². The average molecular weight is 548 g/mol. The molecule has 0 aliphatic heterocycles. The minimum Gasteiger partial charge on any atom is -0.493 e. The summed E-state index contributed by atoms with van der Waals surface area (Å²) in [4.78, 5) is 12.5. The van der Waals surface area contributed by atoms with E-state index in [2.05, 4.69) is 26.5 Å². The van der Waals surface area contributed by atoms with Crippen molar-refractivity contribution in [3.8, 4) is 23.0 Å². The van der Waals surface area contributed by atoms with Crippen LogP contribution in [0.1, 0.15) is 28.4 Å². The number of carbonyl (C=O) groups excluding carboxylic acids is 1. The summed E-state index contributed by atoms with van der Waals surface area (Å²) in [5.74, 6) is 1.69. The molecule has 3 aromatic rings. The Morgan fingerprint density at radius 1 is 1.03 bits per heavy atom. The number of methoxy groups -OCH3 is 2. The van der Waals surface area contributed by atoms with Gasteiger partial charge in [-0.15, -0.1) is 0 Å². The highest BCUT2D eigenvalue weighted by atomic mass is 79.9. The summed E-state index contributed by atoms with van der Waals surface area (Å²) in [6, 6.07) is 15.9. The van der Waals surface area contributed by atoms with Gasteiger partial charge in [-0.25, -0.2) is 5.43 Å². The molecular weight excluding hydrogens is 524 g/mol. The molecule has 0 aromatic heterocycles. The fraction of sp³-hybridized carbons (Fsp3) is 0.200. The topological polar surface area (TPSA) is 78.4 Å². The number of nitrogens with one attached hydrogen (secondary N) is 1. The van der Waals surface area contributed by atoms with Crippen LogP contribution in [0, 0.1) is 0 Å². The number of hydrogen-bond acceptors (Lipinski definition) is 6. The molecule has 178 valence electrons. The average Bonchev–Trinajstić information content (AvgIpc) is 2.84. The molecule has 0 atom stereocenters. The number of rotatable bonds is 10. The summed E-state index contributed by atoms with van der Waals surface area (Å²) >= 11 is 9.76. The molecule has 0 spiro atoms. The fourth-order valence-electron chi connectivity index (χ4n) is 3.04. The van der Waals surface area contributed by atoms with Gasteiger partial charge in [0.05, 0.1) is 31.5 Å². The molecule has 34 heavy (non-hydrogen) atoms. The van der Waals surface area contributed by atoms with E-state index < -0.39 is 0 Å².